The number of aryl methyl sites for hydroxylation is 1. The lowest BCUT2D eigenvalue weighted by Crippen LogP contribution is -2.38. The van der Waals surface area contributed by atoms with Crippen molar-refractivity contribution >= 4 is 0 Å². The summed E-state index contributed by atoms with van der Waals surface area (Å²) in [4.78, 5) is 6.67. The zero-order valence-corrected chi connectivity index (χ0v) is 11.3. The third kappa shape index (κ3) is 3.07. The molecule has 1 aromatic rings. The first kappa shape index (κ1) is 13.5. The van der Waals surface area contributed by atoms with E-state index in [9.17, 15) is 0 Å². The lowest BCUT2D eigenvalue weighted by molar-refractivity contribution is 0.0611. The van der Waals surface area contributed by atoms with Crippen LogP contribution in [0.25, 0.3) is 0 Å². The average Bonchev–Trinajstić information content (AvgIpc) is 2.57. The molecule has 2 N–H and O–H groups in total. The predicted octanol–water partition coefficient (Wildman–Crippen LogP) is 1.50. The van der Waals surface area contributed by atoms with Crippen molar-refractivity contribution in [2.45, 2.75) is 32.4 Å². The minimum absolute atomic E-state index is 0.253. The molecule has 0 amide bonds. The molecule has 0 aromatic carbocycles. The minimum atomic E-state index is 0.253. The van der Waals surface area contributed by atoms with E-state index in [1.54, 1.807) is 0 Å². The Morgan fingerprint density at radius 1 is 1.61 bits per heavy atom. The maximum atomic E-state index is 5.99. The van der Waals surface area contributed by atoms with E-state index in [1.165, 1.54) is 11.1 Å². The molecule has 2 rings (SSSR count). The van der Waals surface area contributed by atoms with E-state index >= 15 is 0 Å². The van der Waals surface area contributed by atoms with Gasteiger partial charge in [0.25, 0.3) is 0 Å². The van der Waals surface area contributed by atoms with Gasteiger partial charge < -0.3 is 10.5 Å². The lowest BCUT2D eigenvalue weighted by Gasteiger charge is -2.31. The van der Waals surface area contributed by atoms with Crippen LogP contribution >= 0.6 is 0 Å². The summed E-state index contributed by atoms with van der Waals surface area (Å²) in [5.74, 6) is 0. The maximum Gasteiger partial charge on any atom is 0.0674 e. The van der Waals surface area contributed by atoms with E-state index in [0.29, 0.717) is 6.54 Å². The Hall–Kier alpha value is -0.970. The first-order valence-electron chi connectivity index (χ1n) is 6.68. The second-order valence-electron chi connectivity index (χ2n) is 5.01. The van der Waals surface area contributed by atoms with Crippen molar-refractivity contribution in [2.24, 2.45) is 5.73 Å². The zero-order chi connectivity index (χ0) is 13.0. The summed E-state index contributed by atoms with van der Waals surface area (Å²) in [6.07, 6.45) is 5.13. The van der Waals surface area contributed by atoms with Crippen LogP contribution in [0, 0.1) is 6.92 Å². The third-order valence-corrected chi connectivity index (χ3v) is 3.59. The monoisotopic (exact) mass is 249 g/mol. The molecular weight excluding hydrogens is 226 g/mol. The van der Waals surface area contributed by atoms with Gasteiger partial charge in [0, 0.05) is 44.7 Å². The number of hydrogen-bond donors (Lipinski definition) is 1. The molecule has 0 radical (unpaired) electrons. The quantitative estimate of drug-likeness (QED) is 0.882. The Kier molecular flexibility index (Phi) is 4.69. The molecule has 1 fully saturated rings. The number of rotatable bonds is 3. The second-order valence-corrected chi connectivity index (χ2v) is 5.01. The molecule has 1 aromatic heterocycles. The van der Waals surface area contributed by atoms with Crippen LogP contribution < -0.4 is 5.73 Å². The Morgan fingerprint density at radius 3 is 3.17 bits per heavy atom. The van der Waals surface area contributed by atoms with E-state index in [1.807, 2.05) is 12.4 Å². The summed E-state index contributed by atoms with van der Waals surface area (Å²) < 4.78 is 5.70. The van der Waals surface area contributed by atoms with Gasteiger partial charge in [0.05, 0.1) is 6.10 Å². The highest BCUT2D eigenvalue weighted by Gasteiger charge is 2.24. The van der Waals surface area contributed by atoms with Crippen LogP contribution in [0.15, 0.2) is 18.5 Å². The van der Waals surface area contributed by atoms with Crippen LogP contribution in [-0.4, -0.2) is 42.2 Å². The molecule has 0 spiro atoms. The van der Waals surface area contributed by atoms with Crippen LogP contribution in [0.1, 0.15) is 30.5 Å². The molecule has 0 aliphatic carbocycles. The van der Waals surface area contributed by atoms with E-state index in [2.05, 4.69) is 29.8 Å². The van der Waals surface area contributed by atoms with Crippen molar-refractivity contribution in [1.29, 1.82) is 0 Å². The normalized spacial score (nSPS) is 23.6. The summed E-state index contributed by atoms with van der Waals surface area (Å²) in [7, 11) is 0. The molecule has 2 atom stereocenters. The van der Waals surface area contributed by atoms with Gasteiger partial charge >= 0.3 is 0 Å². The topological polar surface area (TPSA) is 51.4 Å². The van der Waals surface area contributed by atoms with Gasteiger partial charge in [-0.1, -0.05) is 0 Å². The van der Waals surface area contributed by atoms with E-state index < -0.39 is 0 Å². The Balaban J connectivity index is 2.19. The molecule has 1 saturated heterocycles. The van der Waals surface area contributed by atoms with E-state index in [0.717, 1.165) is 26.1 Å². The Labute approximate surface area is 109 Å². The third-order valence-electron chi connectivity index (χ3n) is 3.59. The highest BCUT2D eigenvalue weighted by molar-refractivity contribution is 5.25. The number of pyridine rings is 1. The smallest absolute Gasteiger partial charge is 0.0674 e. The lowest BCUT2D eigenvalue weighted by atomic mass is 10.0. The van der Waals surface area contributed by atoms with Crippen LogP contribution in [0.4, 0.5) is 0 Å². The highest BCUT2D eigenvalue weighted by atomic mass is 16.5. The second kappa shape index (κ2) is 6.27. The van der Waals surface area contributed by atoms with Gasteiger partial charge in [0.2, 0.25) is 0 Å². The maximum absolute atomic E-state index is 5.99. The summed E-state index contributed by atoms with van der Waals surface area (Å²) in [6.45, 7) is 7.70. The fraction of sp³-hybridized carbons (Fsp3) is 0.643. The molecule has 0 saturated carbocycles. The van der Waals surface area contributed by atoms with Crippen LogP contribution in [0.3, 0.4) is 0 Å². The molecule has 18 heavy (non-hydrogen) atoms. The van der Waals surface area contributed by atoms with Crippen molar-refractivity contribution in [1.82, 2.24) is 9.88 Å². The van der Waals surface area contributed by atoms with Gasteiger partial charge in [-0.25, -0.2) is 0 Å². The van der Waals surface area contributed by atoms with Crippen LogP contribution in [-0.2, 0) is 4.74 Å². The van der Waals surface area contributed by atoms with Gasteiger partial charge in [-0.2, -0.15) is 0 Å². The first-order chi connectivity index (χ1) is 8.72. The largest absolute Gasteiger partial charge is 0.377 e. The predicted molar refractivity (Wildman–Crippen MR) is 72.4 cm³/mol. The van der Waals surface area contributed by atoms with E-state index in [4.69, 9.17) is 10.5 Å². The number of hydrogen-bond acceptors (Lipinski definition) is 4. The Bertz CT molecular complexity index is 383. The Morgan fingerprint density at radius 2 is 2.44 bits per heavy atom. The molecule has 2 unspecified atom stereocenters. The number of nitrogens with zero attached hydrogens (tertiary/aromatic N) is 2. The van der Waals surface area contributed by atoms with Gasteiger partial charge in [0.1, 0.15) is 0 Å². The fourth-order valence-electron chi connectivity index (χ4n) is 2.61. The summed E-state index contributed by atoms with van der Waals surface area (Å²) in [6, 6.07) is 2.30. The van der Waals surface area contributed by atoms with Gasteiger partial charge in [-0.05, 0) is 37.5 Å². The SMILES string of the molecule is Cc1ccncc1C(CN)N1CCCOC(C)C1. The molecule has 4 nitrogen and oxygen atoms in total. The summed E-state index contributed by atoms with van der Waals surface area (Å²) >= 11 is 0. The van der Waals surface area contributed by atoms with Crippen LogP contribution in [0.2, 0.25) is 0 Å². The zero-order valence-electron chi connectivity index (χ0n) is 11.3. The van der Waals surface area contributed by atoms with Crippen molar-refractivity contribution in [3.63, 3.8) is 0 Å². The van der Waals surface area contributed by atoms with Gasteiger partial charge in [-0.15, -0.1) is 0 Å². The van der Waals surface area contributed by atoms with Crippen molar-refractivity contribution < 1.29 is 4.74 Å². The molecule has 100 valence electrons. The molecule has 4 heteroatoms. The highest BCUT2D eigenvalue weighted by Crippen LogP contribution is 2.24. The molecule has 2 heterocycles. The summed E-state index contributed by atoms with van der Waals surface area (Å²) in [5.41, 5.74) is 8.50. The van der Waals surface area contributed by atoms with Crippen molar-refractivity contribution in [2.75, 3.05) is 26.2 Å². The molecule has 1 aliphatic rings. The number of aromatic nitrogens is 1. The van der Waals surface area contributed by atoms with Crippen LogP contribution in [0.5, 0.6) is 0 Å². The fourth-order valence-corrected chi connectivity index (χ4v) is 2.61. The molecule has 0 bridgehead atoms. The standard InChI is InChI=1S/C14H23N3O/c1-11-4-5-16-9-13(11)14(8-15)17-6-3-7-18-12(2)10-17/h4-5,9,12,14H,3,6-8,10,15H2,1-2H3. The number of nitrogens with two attached hydrogens (primary N) is 1. The average molecular weight is 249 g/mol. The van der Waals surface area contributed by atoms with E-state index in [-0.39, 0.29) is 12.1 Å². The molecular formula is C14H23N3O. The van der Waals surface area contributed by atoms with Gasteiger partial charge in [-0.3, -0.25) is 9.88 Å². The van der Waals surface area contributed by atoms with Crippen molar-refractivity contribution in [3.05, 3.63) is 29.6 Å². The first-order valence-corrected chi connectivity index (χ1v) is 6.68. The summed E-state index contributed by atoms with van der Waals surface area (Å²) in [5, 5.41) is 0. The molecule has 1 aliphatic heterocycles. The number of ether oxygens (including phenoxy) is 1. The van der Waals surface area contributed by atoms with Gasteiger partial charge in [0.15, 0.2) is 0 Å². The van der Waals surface area contributed by atoms with Crippen molar-refractivity contribution in [3.8, 4) is 0 Å². The minimum Gasteiger partial charge on any atom is -0.377 e.